The van der Waals surface area contributed by atoms with Crippen LogP contribution in [0.3, 0.4) is 0 Å². The first-order chi connectivity index (χ1) is 13.8. The van der Waals surface area contributed by atoms with Crippen LogP contribution < -0.4 is 15.6 Å². The molecule has 1 aromatic heterocycles. The van der Waals surface area contributed by atoms with E-state index in [9.17, 15) is 0 Å². The topological polar surface area (TPSA) is 51.6 Å². The Morgan fingerprint density at radius 1 is 1.04 bits per heavy atom. The normalized spacial score (nSPS) is 25.7. The van der Waals surface area contributed by atoms with Crippen molar-refractivity contribution >= 4 is 22.7 Å². The Kier molecular flexibility index (Phi) is 2.62. The summed E-state index contributed by atoms with van der Waals surface area (Å²) in [5, 5.41) is 3.06. The zero-order valence-corrected chi connectivity index (χ0v) is 15.1. The van der Waals surface area contributed by atoms with Crippen molar-refractivity contribution in [3.63, 3.8) is 0 Å². The molecule has 0 fully saturated rings. The number of nitrogens with two attached hydrogens (primary N) is 1. The van der Waals surface area contributed by atoms with E-state index >= 15 is 0 Å². The van der Waals surface area contributed by atoms with Gasteiger partial charge in [-0.05, 0) is 30.2 Å². The van der Waals surface area contributed by atoms with E-state index in [0.717, 1.165) is 40.3 Å². The zero-order valence-electron chi connectivity index (χ0n) is 15.1. The molecular weight excluding hydrogens is 348 g/mol. The van der Waals surface area contributed by atoms with Crippen LogP contribution in [0.1, 0.15) is 34.3 Å². The van der Waals surface area contributed by atoms with E-state index in [4.69, 9.17) is 15.0 Å². The Balaban J connectivity index is 1.40. The first-order valence-corrected chi connectivity index (χ1v) is 9.74. The molecule has 0 saturated heterocycles. The van der Waals surface area contributed by atoms with E-state index in [1.165, 1.54) is 16.7 Å². The predicted octanol–water partition coefficient (Wildman–Crippen LogP) is 4.78. The lowest BCUT2D eigenvalue weighted by atomic mass is 9.86. The first-order valence-electron chi connectivity index (χ1n) is 9.74. The highest BCUT2D eigenvalue weighted by Gasteiger charge is 2.38. The Bertz CT molecular complexity index is 1260. The van der Waals surface area contributed by atoms with Gasteiger partial charge in [0.25, 0.3) is 0 Å². The molecule has 7 rings (SSSR count). The number of fused-ring (bicyclic) bond motifs is 9. The number of furan rings is 1. The third-order valence-corrected chi connectivity index (χ3v) is 6.58. The van der Waals surface area contributed by atoms with E-state index in [1.807, 2.05) is 17.1 Å². The molecule has 2 N–H and O–H groups in total. The van der Waals surface area contributed by atoms with E-state index in [0.29, 0.717) is 0 Å². The summed E-state index contributed by atoms with van der Waals surface area (Å²) in [4.78, 5) is 0. The zero-order chi connectivity index (χ0) is 18.4. The number of ether oxygens (including phenoxy) is 1. The molecular formula is C24H18N2O2. The third kappa shape index (κ3) is 1.74. The number of nitrogens with zero attached hydrogens (tertiary/aromatic N) is 1. The second kappa shape index (κ2) is 4.97. The average Bonchev–Trinajstić information content (AvgIpc) is 3.35. The highest BCUT2D eigenvalue weighted by atomic mass is 16.5. The van der Waals surface area contributed by atoms with Crippen LogP contribution in [-0.2, 0) is 6.42 Å². The number of allylic oxidation sites excluding steroid dienone is 3. The van der Waals surface area contributed by atoms with Gasteiger partial charge in [-0.2, -0.15) is 0 Å². The summed E-state index contributed by atoms with van der Waals surface area (Å²) in [6, 6.07) is 12.9. The summed E-state index contributed by atoms with van der Waals surface area (Å²) in [7, 11) is 0. The second-order valence-electron chi connectivity index (χ2n) is 7.99. The minimum Gasteiger partial charge on any atom is -0.461 e. The number of benzene rings is 2. The van der Waals surface area contributed by atoms with Crippen LogP contribution in [0.25, 0.3) is 17.0 Å². The highest BCUT2D eigenvalue weighted by Crippen LogP contribution is 2.50. The summed E-state index contributed by atoms with van der Waals surface area (Å²) < 4.78 is 12.4. The summed E-state index contributed by atoms with van der Waals surface area (Å²) in [6.07, 6.45) is 11.5. The molecule has 2 aromatic carbocycles. The minimum atomic E-state index is 0.184. The van der Waals surface area contributed by atoms with Crippen molar-refractivity contribution in [2.75, 3.05) is 5.01 Å². The number of para-hydroxylation sites is 1. The number of hydrogen-bond acceptors (Lipinski definition) is 4. The third-order valence-electron chi connectivity index (χ3n) is 6.58. The van der Waals surface area contributed by atoms with Crippen molar-refractivity contribution in [2.45, 2.75) is 24.3 Å². The van der Waals surface area contributed by atoms with Gasteiger partial charge >= 0.3 is 0 Å². The standard InChI is InChI=1S/C24H18N2O2/c25-26-19-7-3-1-5-13(19)15-11-22-18(10-20(15)26)17-9-16-14-6-2-4-8-21(14)27-23(16)12-24(17)28-22/h1-8,10-13,16,19H,9,25H2. The molecule has 3 atom stereocenters. The van der Waals surface area contributed by atoms with Gasteiger partial charge < -0.3 is 14.2 Å². The summed E-state index contributed by atoms with van der Waals surface area (Å²) in [5.41, 5.74) is 5.78. The number of hydrogen-bond donors (Lipinski definition) is 1. The maximum atomic E-state index is 6.47. The maximum Gasteiger partial charge on any atom is 0.135 e. The van der Waals surface area contributed by atoms with Gasteiger partial charge in [0.2, 0.25) is 0 Å². The van der Waals surface area contributed by atoms with Crippen LogP contribution in [0, 0.1) is 0 Å². The number of anilines is 1. The predicted molar refractivity (Wildman–Crippen MR) is 109 cm³/mol. The largest absolute Gasteiger partial charge is 0.461 e. The van der Waals surface area contributed by atoms with Crippen LogP contribution in [0.5, 0.6) is 5.75 Å². The number of hydrazine groups is 1. The van der Waals surface area contributed by atoms with Gasteiger partial charge in [0.15, 0.2) is 0 Å². The van der Waals surface area contributed by atoms with Gasteiger partial charge in [-0.1, -0.05) is 42.5 Å². The fourth-order valence-corrected chi connectivity index (χ4v) is 5.23. The summed E-state index contributed by atoms with van der Waals surface area (Å²) >= 11 is 0. The van der Waals surface area contributed by atoms with Crippen LogP contribution in [-0.4, -0.2) is 6.04 Å². The molecule has 3 heterocycles. The van der Waals surface area contributed by atoms with Gasteiger partial charge in [0.1, 0.15) is 22.9 Å². The Morgan fingerprint density at radius 3 is 2.89 bits per heavy atom. The van der Waals surface area contributed by atoms with Crippen LogP contribution in [0.15, 0.2) is 70.9 Å². The van der Waals surface area contributed by atoms with Gasteiger partial charge in [0.05, 0.1) is 17.6 Å². The van der Waals surface area contributed by atoms with Crippen LogP contribution in [0.2, 0.25) is 0 Å². The van der Waals surface area contributed by atoms with Crippen molar-refractivity contribution < 1.29 is 9.15 Å². The smallest absolute Gasteiger partial charge is 0.135 e. The molecule has 136 valence electrons. The van der Waals surface area contributed by atoms with Crippen molar-refractivity contribution in [3.8, 4) is 5.75 Å². The average molecular weight is 366 g/mol. The lowest BCUT2D eigenvalue weighted by Gasteiger charge is -2.23. The molecule has 3 aromatic rings. The summed E-state index contributed by atoms with van der Waals surface area (Å²) in [6.45, 7) is 0. The molecule has 0 bridgehead atoms. The van der Waals surface area contributed by atoms with Gasteiger partial charge in [-0.3, -0.25) is 0 Å². The van der Waals surface area contributed by atoms with Gasteiger partial charge in [0, 0.05) is 28.5 Å². The second-order valence-corrected chi connectivity index (χ2v) is 7.99. The molecule has 0 amide bonds. The first kappa shape index (κ1) is 14.8. The quantitative estimate of drug-likeness (QED) is 0.582. The fourth-order valence-electron chi connectivity index (χ4n) is 5.23. The molecule has 0 radical (unpaired) electrons. The van der Waals surface area contributed by atoms with Crippen molar-refractivity contribution in [1.29, 1.82) is 0 Å². The molecule has 2 aliphatic carbocycles. The van der Waals surface area contributed by atoms with Crippen LogP contribution in [0.4, 0.5) is 5.69 Å². The van der Waals surface area contributed by atoms with Crippen LogP contribution >= 0.6 is 0 Å². The Hall–Kier alpha value is -3.24. The maximum absolute atomic E-state index is 6.47. The van der Waals surface area contributed by atoms with E-state index in [-0.39, 0.29) is 17.9 Å². The highest BCUT2D eigenvalue weighted by molar-refractivity contribution is 5.91. The number of rotatable bonds is 0. The van der Waals surface area contributed by atoms with E-state index in [2.05, 4.69) is 54.6 Å². The molecule has 3 unspecified atom stereocenters. The SMILES string of the molecule is NN1c2cc3c4c(oc3cc2C2C=CC=CC21)C=C1Oc2ccccc2C1C4. The lowest BCUT2D eigenvalue weighted by molar-refractivity contribution is 0.425. The molecule has 0 saturated carbocycles. The van der Waals surface area contributed by atoms with Crippen molar-refractivity contribution in [1.82, 2.24) is 0 Å². The van der Waals surface area contributed by atoms with Gasteiger partial charge in [-0.15, -0.1) is 0 Å². The fraction of sp³-hybridized carbons (Fsp3) is 0.167. The van der Waals surface area contributed by atoms with Gasteiger partial charge in [-0.25, -0.2) is 5.84 Å². The summed E-state index contributed by atoms with van der Waals surface area (Å²) in [5.74, 6) is 9.88. The molecule has 4 nitrogen and oxygen atoms in total. The van der Waals surface area contributed by atoms with Crippen molar-refractivity contribution in [2.24, 2.45) is 5.84 Å². The minimum absolute atomic E-state index is 0.184. The monoisotopic (exact) mass is 366 g/mol. The molecule has 4 aliphatic rings. The molecule has 28 heavy (non-hydrogen) atoms. The van der Waals surface area contributed by atoms with E-state index < -0.39 is 0 Å². The molecule has 4 heteroatoms. The Labute approximate surface area is 162 Å². The molecule has 2 aliphatic heterocycles. The van der Waals surface area contributed by atoms with Crippen molar-refractivity contribution in [3.05, 3.63) is 88.9 Å². The van der Waals surface area contributed by atoms with E-state index in [1.54, 1.807) is 0 Å². The lowest BCUT2D eigenvalue weighted by Crippen LogP contribution is -2.38. The molecule has 0 spiro atoms. The Morgan fingerprint density at radius 2 is 1.93 bits per heavy atom.